The maximum absolute atomic E-state index is 15.1. The number of rotatable bonds is 12. The van der Waals surface area contributed by atoms with Gasteiger partial charge in [0.05, 0.1) is 41.6 Å². The van der Waals surface area contributed by atoms with Crippen LogP contribution in [-0.4, -0.2) is 142 Å². The number of halogens is 1. The van der Waals surface area contributed by atoms with Crippen molar-refractivity contribution in [3.05, 3.63) is 118 Å². The van der Waals surface area contributed by atoms with Crippen LogP contribution in [0.15, 0.2) is 83.8 Å². The molecule has 350 valence electrons. The van der Waals surface area contributed by atoms with E-state index < -0.39 is 11.7 Å². The monoisotopic (exact) mass is 911 g/mol. The molecule has 4 saturated heterocycles. The number of carbonyl (C=O) groups is 3. The molecule has 1 N–H and O–H groups in total. The van der Waals surface area contributed by atoms with Crippen molar-refractivity contribution in [3.8, 4) is 11.5 Å². The fourth-order valence-corrected chi connectivity index (χ4v) is 10.2. The highest BCUT2D eigenvalue weighted by Gasteiger charge is 2.36. The summed E-state index contributed by atoms with van der Waals surface area (Å²) in [5.41, 5.74) is 2.23. The molecule has 6 heterocycles. The van der Waals surface area contributed by atoms with Gasteiger partial charge in [-0.05, 0) is 92.8 Å². The Morgan fingerprint density at radius 3 is 2.25 bits per heavy atom. The molecular formula is C51H58FN9O6. The second-order valence-electron chi connectivity index (χ2n) is 18.8. The maximum atomic E-state index is 15.1. The fraction of sp³-hybridized carbons (Fsp3) is 0.471. The molecule has 2 aromatic heterocycles. The Bertz CT molecular complexity index is 2650. The zero-order chi connectivity index (χ0) is 45.9. The minimum atomic E-state index is -0.601. The molecule has 15 nitrogen and oxygen atoms in total. The van der Waals surface area contributed by atoms with Crippen molar-refractivity contribution in [1.82, 2.24) is 40.0 Å². The van der Waals surface area contributed by atoms with E-state index in [0.29, 0.717) is 78.7 Å². The number of amides is 3. The fourth-order valence-electron chi connectivity index (χ4n) is 10.2. The van der Waals surface area contributed by atoms with E-state index in [-0.39, 0.29) is 35.2 Å². The van der Waals surface area contributed by atoms with E-state index >= 15 is 4.39 Å². The number of ether oxygens (including phenoxy) is 2. The van der Waals surface area contributed by atoms with E-state index in [2.05, 4.69) is 47.2 Å². The zero-order valence-corrected chi connectivity index (χ0v) is 37.9. The lowest BCUT2D eigenvalue weighted by atomic mass is 9.90. The van der Waals surface area contributed by atoms with Gasteiger partial charge < -0.3 is 29.1 Å². The summed E-state index contributed by atoms with van der Waals surface area (Å²) in [7, 11) is 0. The van der Waals surface area contributed by atoms with Gasteiger partial charge in [0.15, 0.2) is 11.6 Å². The number of piperidine rings is 3. The van der Waals surface area contributed by atoms with E-state index in [0.717, 1.165) is 102 Å². The van der Waals surface area contributed by atoms with Crippen LogP contribution in [0.2, 0.25) is 0 Å². The third-order valence-electron chi connectivity index (χ3n) is 14.2. The molecule has 1 saturated carbocycles. The molecule has 16 heteroatoms. The highest BCUT2D eigenvalue weighted by Crippen LogP contribution is 2.36. The Labute approximate surface area is 389 Å². The number of likely N-dealkylation sites (tertiary alicyclic amines) is 2. The van der Waals surface area contributed by atoms with Crippen molar-refractivity contribution < 1.29 is 28.2 Å². The number of nitrogens with one attached hydrogen (secondary N) is 1. The van der Waals surface area contributed by atoms with Gasteiger partial charge in [-0.25, -0.2) is 9.49 Å². The lowest BCUT2D eigenvalue weighted by Gasteiger charge is -2.38. The highest BCUT2D eigenvalue weighted by atomic mass is 19.1. The number of aromatic amines is 1. The van der Waals surface area contributed by atoms with Crippen molar-refractivity contribution in [2.45, 2.75) is 75.9 Å². The van der Waals surface area contributed by atoms with Crippen LogP contribution in [0, 0.1) is 11.7 Å². The summed E-state index contributed by atoms with van der Waals surface area (Å²) in [5.74, 6) is 2.08. The molecule has 5 fully saturated rings. The number of fused-ring (bicyclic) bond motifs is 1. The summed E-state index contributed by atoms with van der Waals surface area (Å²) in [5, 5.41) is 16.7. The van der Waals surface area contributed by atoms with Gasteiger partial charge in [0.1, 0.15) is 11.6 Å². The number of hydrogen-bond donors (Lipinski definition) is 1. The largest absolute Gasteiger partial charge is 0.456 e. The van der Waals surface area contributed by atoms with Gasteiger partial charge in [-0.1, -0.05) is 36.4 Å². The minimum Gasteiger partial charge on any atom is -0.456 e. The van der Waals surface area contributed by atoms with Crippen molar-refractivity contribution in [2.24, 2.45) is 5.92 Å². The van der Waals surface area contributed by atoms with E-state index in [4.69, 9.17) is 9.47 Å². The summed E-state index contributed by atoms with van der Waals surface area (Å²) in [6.45, 7) is 6.53. The molecule has 0 spiro atoms. The molecule has 4 aliphatic heterocycles. The summed E-state index contributed by atoms with van der Waals surface area (Å²) in [4.78, 5) is 61.9. The zero-order valence-electron chi connectivity index (χ0n) is 37.9. The highest BCUT2D eigenvalue weighted by molar-refractivity contribution is 5.95. The Morgan fingerprint density at radius 2 is 1.48 bits per heavy atom. The number of H-pyrrole nitrogens is 1. The van der Waals surface area contributed by atoms with Crippen LogP contribution in [0.25, 0.3) is 10.8 Å². The third kappa shape index (κ3) is 10.5. The van der Waals surface area contributed by atoms with Crippen LogP contribution < -0.4 is 15.2 Å². The molecule has 3 amide bonds. The van der Waals surface area contributed by atoms with Gasteiger partial charge in [-0.2, -0.15) is 10.2 Å². The van der Waals surface area contributed by atoms with Gasteiger partial charge >= 0.3 is 0 Å². The first-order chi connectivity index (χ1) is 32.7. The first kappa shape index (κ1) is 44.6. The van der Waals surface area contributed by atoms with E-state index in [1.165, 1.54) is 11.6 Å². The van der Waals surface area contributed by atoms with Gasteiger partial charge in [-0.15, -0.1) is 5.10 Å². The Kier molecular flexibility index (Phi) is 13.2. The Balaban J connectivity index is 0.641. The van der Waals surface area contributed by atoms with E-state index in [1.807, 2.05) is 30.3 Å². The normalized spacial score (nSPS) is 20.0. The standard InChI is InChI=1S/C51H58FN9O6/c52-45-13-10-34(28-46-42-8-1-2-9-43(42)49(63)56-54-46)27-44(45)51(65)60-25-23-59(24-26-60)48(62)33-57-19-14-38(15-20-57)66-39-16-21-58(22-17-39)47-30-41(31-53-55-47)67-40-7-3-5-36(29-40)37-6-4-18-61(32-37)50(64)35-11-12-35/h1-3,5,7-10,13,27,29-31,35,37-39H,4,6,11-12,14-26,28,32-33H2,(H,56,63). The number of nitrogens with zero attached hydrogens (tertiary/aromatic N) is 8. The number of benzene rings is 3. The van der Waals surface area contributed by atoms with Gasteiger partial charge in [0.2, 0.25) is 11.8 Å². The second kappa shape index (κ2) is 19.9. The first-order valence-electron chi connectivity index (χ1n) is 24.0. The number of hydrogen-bond acceptors (Lipinski definition) is 11. The van der Waals surface area contributed by atoms with Crippen LogP contribution >= 0.6 is 0 Å². The number of anilines is 1. The molecule has 5 aromatic rings. The van der Waals surface area contributed by atoms with E-state index in [9.17, 15) is 19.2 Å². The van der Waals surface area contributed by atoms with Crippen molar-refractivity contribution >= 4 is 34.3 Å². The van der Waals surface area contributed by atoms with Crippen LogP contribution in [0.1, 0.15) is 84.5 Å². The predicted octanol–water partition coefficient (Wildman–Crippen LogP) is 5.79. The molecule has 1 aliphatic carbocycles. The average molecular weight is 912 g/mol. The quantitative estimate of drug-likeness (QED) is 0.162. The Morgan fingerprint density at radius 1 is 0.731 bits per heavy atom. The summed E-state index contributed by atoms with van der Waals surface area (Å²) < 4.78 is 28.0. The lowest BCUT2D eigenvalue weighted by Crippen LogP contribution is -2.53. The number of aromatic nitrogens is 4. The van der Waals surface area contributed by atoms with Crippen LogP contribution in [-0.2, 0) is 20.7 Å². The molecular weight excluding hydrogens is 854 g/mol. The van der Waals surface area contributed by atoms with Gasteiger partial charge in [-0.3, -0.25) is 24.1 Å². The molecule has 1 atom stereocenters. The van der Waals surface area contributed by atoms with E-state index in [1.54, 1.807) is 40.3 Å². The maximum Gasteiger partial charge on any atom is 0.272 e. The van der Waals surface area contributed by atoms with Crippen LogP contribution in [0.4, 0.5) is 10.2 Å². The molecule has 0 radical (unpaired) electrons. The summed E-state index contributed by atoms with van der Waals surface area (Å²) >= 11 is 0. The molecule has 3 aromatic carbocycles. The summed E-state index contributed by atoms with van der Waals surface area (Å²) in [6, 6.07) is 21.9. The molecule has 10 rings (SSSR count). The smallest absolute Gasteiger partial charge is 0.272 e. The van der Waals surface area contributed by atoms with Crippen LogP contribution in [0.3, 0.4) is 0 Å². The topological polar surface area (TPSA) is 157 Å². The SMILES string of the molecule is O=C(CN1CCC(OC2CCN(c3cc(Oc4cccc(C5CCCN(C(=O)C6CC6)C5)c4)cnn3)CC2)CC1)N1CCN(C(=O)c2cc(Cc3n[nH]c(=O)c4ccccc34)ccc2F)CC1. The van der Waals surface area contributed by atoms with Crippen molar-refractivity contribution in [3.63, 3.8) is 0 Å². The van der Waals surface area contributed by atoms with Gasteiger partial charge in [0.25, 0.3) is 11.5 Å². The molecule has 67 heavy (non-hydrogen) atoms. The predicted molar refractivity (Wildman–Crippen MR) is 250 cm³/mol. The van der Waals surface area contributed by atoms with Crippen molar-refractivity contribution in [2.75, 3.05) is 76.9 Å². The lowest BCUT2D eigenvalue weighted by molar-refractivity contribution is -0.135. The number of carbonyl (C=O) groups excluding carboxylic acids is 3. The summed E-state index contributed by atoms with van der Waals surface area (Å²) in [6.07, 6.45) is 9.90. The van der Waals surface area contributed by atoms with Gasteiger partial charge in [0, 0.05) is 95.2 Å². The second-order valence-corrected chi connectivity index (χ2v) is 18.8. The molecule has 0 bridgehead atoms. The van der Waals surface area contributed by atoms with Crippen LogP contribution in [0.5, 0.6) is 11.5 Å². The number of piperazine rings is 1. The minimum absolute atomic E-state index is 0.0175. The van der Waals surface area contributed by atoms with Crippen molar-refractivity contribution in [1.29, 1.82) is 0 Å². The Hall–Kier alpha value is -6.26. The average Bonchev–Trinajstić information content (AvgIpc) is 4.22. The molecule has 1 unspecified atom stereocenters. The first-order valence-corrected chi connectivity index (χ1v) is 24.0. The third-order valence-corrected chi connectivity index (χ3v) is 14.2. The molecule has 5 aliphatic rings.